The molecule has 0 spiro atoms. The molecule has 0 aliphatic rings. The number of thiol groups is 1. The van der Waals surface area contributed by atoms with E-state index < -0.39 is 0 Å². The third kappa shape index (κ3) is 6.09. The zero-order chi connectivity index (χ0) is 13.2. The van der Waals surface area contributed by atoms with E-state index in [1.807, 2.05) is 18.2 Å². The number of rotatable bonds is 8. The highest BCUT2D eigenvalue weighted by Gasteiger charge is 2.01. The first-order valence-corrected chi connectivity index (χ1v) is 7.18. The Morgan fingerprint density at radius 1 is 1.22 bits per heavy atom. The Balaban J connectivity index is 2.26. The second-order valence-corrected chi connectivity index (χ2v) is 5.13. The molecule has 0 radical (unpaired) electrons. The zero-order valence-electron chi connectivity index (χ0n) is 11.1. The van der Waals surface area contributed by atoms with Gasteiger partial charge in [0.25, 0.3) is 0 Å². The van der Waals surface area contributed by atoms with Crippen LogP contribution in [0.5, 0.6) is 0 Å². The Hall–Kier alpha value is -0.980. The summed E-state index contributed by atoms with van der Waals surface area (Å²) in [7, 11) is 2.14. The fraction of sp³-hybridized carbons (Fsp3) is 0.533. The minimum Gasteiger partial charge on any atom is -0.302 e. The van der Waals surface area contributed by atoms with Crippen LogP contribution in [0.3, 0.4) is 0 Å². The lowest BCUT2D eigenvalue weighted by molar-refractivity contribution is 0.317. The summed E-state index contributed by atoms with van der Waals surface area (Å²) in [5.41, 5.74) is 1.96. The molecule has 0 unspecified atom stereocenters. The van der Waals surface area contributed by atoms with E-state index in [1.54, 1.807) is 0 Å². The highest BCUT2D eigenvalue weighted by molar-refractivity contribution is 7.80. The number of unbranched alkanes of at least 4 members (excludes halogenated alkanes) is 3. The molecule has 1 aromatic carbocycles. The fourth-order valence-corrected chi connectivity index (χ4v) is 2.20. The highest BCUT2D eigenvalue weighted by atomic mass is 32.1. The van der Waals surface area contributed by atoms with Gasteiger partial charge in [0.05, 0.1) is 11.6 Å². The molecule has 0 aliphatic heterocycles. The van der Waals surface area contributed by atoms with Crippen LogP contribution >= 0.6 is 12.6 Å². The molecule has 3 heteroatoms. The van der Waals surface area contributed by atoms with Crippen molar-refractivity contribution in [2.45, 2.75) is 32.2 Å². The van der Waals surface area contributed by atoms with Gasteiger partial charge in [0, 0.05) is 6.54 Å². The van der Waals surface area contributed by atoms with E-state index in [0.29, 0.717) is 0 Å². The predicted octanol–water partition coefficient (Wildman–Crippen LogP) is 3.48. The summed E-state index contributed by atoms with van der Waals surface area (Å²) in [5, 5.41) is 8.85. The van der Waals surface area contributed by atoms with Gasteiger partial charge in [0.15, 0.2) is 0 Å². The van der Waals surface area contributed by atoms with Crippen LogP contribution < -0.4 is 0 Å². The van der Waals surface area contributed by atoms with E-state index >= 15 is 0 Å². The topological polar surface area (TPSA) is 27.0 Å². The van der Waals surface area contributed by atoms with E-state index in [1.165, 1.54) is 31.2 Å². The van der Waals surface area contributed by atoms with Gasteiger partial charge in [-0.2, -0.15) is 17.9 Å². The van der Waals surface area contributed by atoms with Gasteiger partial charge in [0.1, 0.15) is 0 Å². The number of nitrogens with zero attached hydrogens (tertiary/aromatic N) is 2. The van der Waals surface area contributed by atoms with Crippen molar-refractivity contribution in [3.63, 3.8) is 0 Å². The van der Waals surface area contributed by atoms with Crippen LogP contribution in [0.15, 0.2) is 24.3 Å². The molecule has 2 nitrogen and oxygen atoms in total. The molecule has 0 fully saturated rings. The molecule has 1 aromatic rings. The number of benzene rings is 1. The van der Waals surface area contributed by atoms with Gasteiger partial charge < -0.3 is 4.90 Å². The standard InChI is InChI=1S/C15H22N2S/c1-17(9-4-2-3-5-10-18)13-15-8-6-7-14(11-15)12-16/h6-8,11,18H,2-5,9-10,13H2,1H3. The van der Waals surface area contributed by atoms with Gasteiger partial charge in [-0.15, -0.1) is 0 Å². The summed E-state index contributed by atoms with van der Waals surface area (Å²) >= 11 is 4.21. The first-order chi connectivity index (χ1) is 8.76. The molecule has 98 valence electrons. The summed E-state index contributed by atoms with van der Waals surface area (Å²) in [4.78, 5) is 2.32. The molecule has 18 heavy (non-hydrogen) atoms. The van der Waals surface area contributed by atoms with Gasteiger partial charge in [0.2, 0.25) is 0 Å². The van der Waals surface area contributed by atoms with E-state index in [-0.39, 0.29) is 0 Å². The van der Waals surface area contributed by atoms with Crippen molar-refractivity contribution in [3.8, 4) is 6.07 Å². The van der Waals surface area contributed by atoms with Crippen molar-refractivity contribution in [2.24, 2.45) is 0 Å². The fourth-order valence-electron chi connectivity index (χ4n) is 1.98. The van der Waals surface area contributed by atoms with Crippen molar-refractivity contribution < 1.29 is 0 Å². The summed E-state index contributed by atoms with van der Waals surface area (Å²) in [6.07, 6.45) is 5.02. The van der Waals surface area contributed by atoms with Crippen LogP contribution in [0.25, 0.3) is 0 Å². The summed E-state index contributed by atoms with van der Waals surface area (Å²) in [6.45, 7) is 2.03. The molecule has 0 heterocycles. The molecular formula is C15H22N2S. The van der Waals surface area contributed by atoms with Crippen LogP contribution in [0.1, 0.15) is 36.8 Å². The lowest BCUT2D eigenvalue weighted by Gasteiger charge is -2.16. The molecule has 0 aromatic heterocycles. The van der Waals surface area contributed by atoms with Gasteiger partial charge in [-0.25, -0.2) is 0 Å². The number of nitriles is 1. The Morgan fingerprint density at radius 3 is 2.72 bits per heavy atom. The van der Waals surface area contributed by atoms with Crippen LogP contribution in [0.2, 0.25) is 0 Å². The van der Waals surface area contributed by atoms with Crippen LogP contribution in [0.4, 0.5) is 0 Å². The van der Waals surface area contributed by atoms with Gasteiger partial charge in [-0.3, -0.25) is 0 Å². The van der Waals surface area contributed by atoms with Crippen molar-refractivity contribution in [1.29, 1.82) is 5.26 Å². The van der Waals surface area contributed by atoms with E-state index in [4.69, 9.17) is 5.26 Å². The van der Waals surface area contributed by atoms with Gasteiger partial charge >= 0.3 is 0 Å². The molecular weight excluding hydrogens is 240 g/mol. The second-order valence-electron chi connectivity index (χ2n) is 4.69. The maximum absolute atomic E-state index is 8.85. The van der Waals surface area contributed by atoms with Gasteiger partial charge in [-0.1, -0.05) is 25.0 Å². The first-order valence-electron chi connectivity index (χ1n) is 6.54. The van der Waals surface area contributed by atoms with Crippen LogP contribution in [-0.4, -0.2) is 24.2 Å². The van der Waals surface area contributed by atoms with E-state index in [9.17, 15) is 0 Å². The molecule has 0 saturated carbocycles. The molecule has 0 bridgehead atoms. The van der Waals surface area contributed by atoms with E-state index in [2.05, 4.69) is 36.7 Å². The number of hydrogen-bond donors (Lipinski definition) is 1. The summed E-state index contributed by atoms with van der Waals surface area (Å²) in [6, 6.07) is 10.0. The maximum atomic E-state index is 8.85. The summed E-state index contributed by atoms with van der Waals surface area (Å²) in [5.74, 6) is 0.997. The lowest BCUT2D eigenvalue weighted by atomic mass is 10.1. The molecule has 0 N–H and O–H groups in total. The Morgan fingerprint density at radius 2 is 2.00 bits per heavy atom. The van der Waals surface area contributed by atoms with Crippen molar-refractivity contribution in [2.75, 3.05) is 19.3 Å². The minimum absolute atomic E-state index is 0.745. The number of hydrogen-bond acceptors (Lipinski definition) is 3. The molecule has 1 rings (SSSR count). The average molecular weight is 262 g/mol. The Labute approximate surface area is 116 Å². The molecule has 0 saturated heterocycles. The second kappa shape index (κ2) is 9.02. The zero-order valence-corrected chi connectivity index (χ0v) is 12.0. The molecule has 0 aliphatic carbocycles. The van der Waals surface area contributed by atoms with Crippen LogP contribution in [-0.2, 0) is 6.54 Å². The Bertz CT molecular complexity index is 384. The van der Waals surface area contributed by atoms with Crippen molar-refractivity contribution in [1.82, 2.24) is 4.90 Å². The van der Waals surface area contributed by atoms with Crippen molar-refractivity contribution >= 4 is 12.6 Å². The predicted molar refractivity (Wildman–Crippen MR) is 79.8 cm³/mol. The lowest BCUT2D eigenvalue weighted by Crippen LogP contribution is -2.19. The first kappa shape index (κ1) is 15.1. The average Bonchev–Trinajstić information content (AvgIpc) is 2.38. The quantitative estimate of drug-likeness (QED) is 0.573. The Kier molecular flexibility index (Phi) is 7.55. The maximum Gasteiger partial charge on any atom is 0.0991 e. The minimum atomic E-state index is 0.745. The smallest absolute Gasteiger partial charge is 0.0991 e. The van der Waals surface area contributed by atoms with Gasteiger partial charge in [-0.05, 0) is 49.9 Å². The van der Waals surface area contributed by atoms with Crippen LogP contribution in [0, 0.1) is 11.3 Å². The molecule has 0 atom stereocenters. The van der Waals surface area contributed by atoms with E-state index in [0.717, 1.165) is 24.4 Å². The van der Waals surface area contributed by atoms with Crippen molar-refractivity contribution in [3.05, 3.63) is 35.4 Å². The normalized spacial score (nSPS) is 10.6. The largest absolute Gasteiger partial charge is 0.302 e. The molecule has 0 amide bonds. The SMILES string of the molecule is CN(CCCCCCS)Cc1cccc(C#N)c1. The third-order valence-electron chi connectivity index (χ3n) is 2.96. The monoisotopic (exact) mass is 262 g/mol. The highest BCUT2D eigenvalue weighted by Crippen LogP contribution is 2.08. The third-order valence-corrected chi connectivity index (χ3v) is 3.27. The summed E-state index contributed by atoms with van der Waals surface area (Å²) < 4.78 is 0.